The average molecular weight is 359 g/mol. The maximum absolute atomic E-state index is 13.0. The van der Waals surface area contributed by atoms with Crippen LogP contribution in [0.5, 0.6) is 0 Å². The summed E-state index contributed by atoms with van der Waals surface area (Å²) in [5.41, 5.74) is 5.76. The Kier molecular flexibility index (Phi) is 3.81. The van der Waals surface area contributed by atoms with Crippen molar-refractivity contribution in [1.29, 1.82) is 0 Å². The first-order valence-corrected chi connectivity index (χ1v) is 9.08. The van der Waals surface area contributed by atoms with Gasteiger partial charge in [0.25, 0.3) is 0 Å². The zero-order valence-corrected chi connectivity index (χ0v) is 14.6. The fraction of sp³-hybridized carbons (Fsp3) is 0.238. The zero-order chi connectivity index (χ0) is 18.2. The second kappa shape index (κ2) is 6.46. The summed E-state index contributed by atoms with van der Waals surface area (Å²) in [5, 5.41) is 8.47. The Morgan fingerprint density at radius 2 is 1.85 bits per heavy atom. The molecule has 0 bridgehead atoms. The summed E-state index contributed by atoms with van der Waals surface area (Å²) in [6, 6.07) is 13.3. The van der Waals surface area contributed by atoms with E-state index in [1.54, 1.807) is 6.07 Å². The van der Waals surface area contributed by atoms with Gasteiger partial charge in [-0.3, -0.25) is 4.98 Å². The average Bonchev–Trinajstić information content (AvgIpc) is 3.18. The highest BCUT2D eigenvalue weighted by molar-refractivity contribution is 6.05. The van der Waals surface area contributed by atoms with Crippen molar-refractivity contribution in [3.8, 4) is 0 Å². The Labute approximate surface area is 155 Å². The Morgan fingerprint density at radius 1 is 1.00 bits per heavy atom. The predicted octanol–water partition coefficient (Wildman–Crippen LogP) is 4.01. The van der Waals surface area contributed by atoms with E-state index in [0.717, 1.165) is 53.4 Å². The van der Waals surface area contributed by atoms with Crippen LogP contribution in [0.3, 0.4) is 0 Å². The van der Waals surface area contributed by atoms with Gasteiger partial charge in [0.15, 0.2) is 0 Å². The maximum atomic E-state index is 13.0. The third-order valence-corrected chi connectivity index (χ3v) is 5.06. The number of nitrogens with zero attached hydrogens (tertiary/aromatic N) is 3. The number of carbonyl (C=O) groups excluding carboxylic acids is 1. The van der Waals surface area contributed by atoms with E-state index in [0.29, 0.717) is 16.6 Å². The van der Waals surface area contributed by atoms with Gasteiger partial charge in [0.05, 0.1) is 11.1 Å². The van der Waals surface area contributed by atoms with Crippen LogP contribution in [0.4, 0.5) is 0 Å². The highest BCUT2D eigenvalue weighted by Gasteiger charge is 2.23. The quantitative estimate of drug-likeness (QED) is 0.514. The summed E-state index contributed by atoms with van der Waals surface area (Å²) in [4.78, 5) is 17.8. The molecule has 0 saturated heterocycles. The van der Waals surface area contributed by atoms with E-state index in [1.165, 1.54) is 0 Å². The molecule has 6 heteroatoms. The first kappa shape index (κ1) is 15.9. The third kappa shape index (κ3) is 2.83. The summed E-state index contributed by atoms with van der Waals surface area (Å²) in [7, 11) is 0. The van der Waals surface area contributed by atoms with Gasteiger partial charge in [0, 0.05) is 11.1 Å². The van der Waals surface area contributed by atoms with Crippen molar-refractivity contribution in [3.63, 3.8) is 0 Å². The molecule has 134 valence electrons. The van der Waals surface area contributed by atoms with Gasteiger partial charge in [-0.15, -0.1) is 0 Å². The van der Waals surface area contributed by atoms with Crippen LogP contribution in [0.15, 0.2) is 47.1 Å². The number of para-hydroxylation sites is 1. The molecule has 1 aliphatic rings. The summed E-state index contributed by atoms with van der Waals surface area (Å²) in [6.45, 7) is 0.174. The minimum absolute atomic E-state index is 0.174. The van der Waals surface area contributed by atoms with Crippen LogP contribution in [0.1, 0.15) is 40.0 Å². The van der Waals surface area contributed by atoms with Crippen molar-refractivity contribution in [2.24, 2.45) is 0 Å². The van der Waals surface area contributed by atoms with E-state index in [-0.39, 0.29) is 12.6 Å². The number of rotatable bonds is 3. The summed E-state index contributed by atoms with van der Waals surface area (Å²) in [6.07, 6.45) is 3.96. The monoisotopic (exact) mass is 359 g/mol. The molecule has 2 aromatic heterocycles. The standard InChI is InChI=1S/C21H17N3O3/c25-21(26-12-13-9-10-18-19(11-13)24-27-23-18)20-14-5-1-3-7-16(14)22-17-8-4-2-6-15(17)20/h1,3,5,7,9-11H,2,4,6,8,12H2. The van der Waals surface area contributed by atoms with E-state index in [9.17, 15) is 4.79 Å². The molecule has 5 rings (SSSR count). The fourth-order valence-electron chi connectivity index (χ4n) is 3.74. The molecule has 0 saturated carbocycles. The van der Waals surface area contributed by atoms with E-state index in [4.69, 9.17) is 14.3 Å². The number of ether oxygens (including phenoxy) is 1. The molecule has 0 aliphatic heterocycles. The number of pyridine rings is 1. The van der Waals surface area contributed by atoms with E-state index in [2.05, 4.69) is 10.3 Å². The first-order valence-electron chi connectivity index (χ1n) is 9.08. The van der Waals surface area contributed by atoms with Crippen molar-refractivity contribution in [3.05, 3.63) is 64.8 Å². The molecule has 6 nitrogen and oxygen atoms in total. The van der Waals surface area contributed by atoms with Crippen LogP contribution in [-0.2, 0) is 24.2 Å². The second-order valence-corrected chi connectivity index (χ2v) is 6.80. The molecule has 2 aromatic carbocycles. The molecule has 0 spiro atoms. The Morgan fingerprint density at radius 3 is 2.81 bits per heavy atom. The van der Waals surface area contributed by atoms with E-state index >= 15 is 0 Å². The predicted molar refractivity (Wildman–Crippen MR) is 99.3 cm³/mol. The topological polar surface area (TPSA) is 78.1 Å². The molecule has 2 heterocycles. The number of esters is 1. The van der Waals surface area contributed by atoms with Gasteiger partial charge in [0.1, 0.15) is 17.6 Å². The van der Waals surface area contributed by atoms with Gasteiger partial charge in [-0.05, 0) is 65.3 Å². The number of aromatic nitrogens is 3. The molecule has 0 fully saturated rings. The largest absolute Gasteiger partial charge is 0.457 e. The molecule has 0 N–H and O–H groups in total. The molecule has 0 atom stereocenters. The fourth-order valence-corrected chi connectivity index (χ4v) is 3.74. The third-order valence-electron chi connectivity index (χ3n) is 5.06. The lowest BCUT2D eigenvalue weighted by atomic mass is 9.90. The van der Waals surface area contributed by atoms with E-state index < -0.39 is 0 Å². The van der Waals surface area contributed by atoms with Crippen LogP contribution in [0.2, 0.25) is 0 Å². The lowest BCUT2D eigenvalue weighted by Gasteiger charge is -2.20. The Balaban J connectivity index is 1.49. The minimum atomic E-state index is -0.301. The van der Waals surface area contributed by atoms with Crippen molar-refractivity contribution in [2.45, 2.75) is 32.3 Å². The van der Waals surface area contributed by atoms with E-state index in [1.807, 2.05) is 36.4 Å². The summed E-state index contributed by atoms with van der Waals surface area (Å²) < 4.78 is 10.4. The lowest BCUT2D eigenvalue weighted by Crippen LogP contribution is -2.15. The number of benzene rings is 2. The highest BCUT2D eigenvalue weighted by atomic mass is 16.6. The van der Waals surface area contributed by atoms with Crippen molar-refractivity contribution in [1.82, 2.24) is 15.3 Å². The number of hydrogen-bond donors (Lipinski definition) is 0. The van der Waals surface area contributed by atoms with Gasteiger partial charge in [-0.2, -0.15) is 0 Å². The van der Waals surface area contributed by atoms with Gasteiger partial charge in [-0.25, -0.2) is 9.42 Å². The number of fused-ring (bicyclic) bond motifs is 3. The molecule has 0 radical (unpaired) electrons. The first-order chi connectivity index (χ1) is 13.3. The normalized spacial score (nSPS) is 13.6. The SMILES string of the molecule is O=C(OCc1ccc2nonc2c1)c1c2c(nc3ccccc13)CCCC2. The number of hydrogen-bond acceptors (Lipinski definition) is 6. The second-order valence-electron chi connectivity index (χ2n) is 6.80. The minimum Gasteiger partial charge on any atom is -0.457 e. The smallest absolute Gasteiger partial charge is 0.339 e. The molecular formula is C21H17N3O3. The lowest BCUT2D eigenvalue weighted by molar-refractivity contribution is 0.0473. The van der Waals surface area contributed by atoms with Gasteiger partial charge < -0.3 is 4.74 Å². The molecule has 0 amide bonds. The molecule has 1 aliphatic carbocycles. The van der Waals surface area contributed by atoms with Crippen LogP contribution >= 0.6 is 0 Å². The molecule has 0 unspecified atom stereocenters. The van der Waals surface area contributed by atoms with Crippen molar-refractivity contribution in [2.75, 3.05) is 0 Å². The van der Waals surface area contributed by atoms with Crippen LogP contribution in [0, 0.1) is 0 Å². The Bertz CT molecular complexity index is 1170. The molecular weight excluding hydrogens is 342 g/mol. The zero-order valence-electron chi connectivity index (χ0n) is 14.6. The van der Waals surface area contributed by atoms with Gasteiger partial charge >= 0.3 is 5.97 Å². The summed E-state index contributed by atoms with van der Waals surface area (Å²) in [5.74, 6) is -0.301. The Hall–Kier alpha value is -3.28. The van der Waals surface area contributed by atoms with Crippen LogP contribution in [-0.4, -0.2) is 21.3 Å². The van der Waals surface area contributed by atoms with Gasteiger partial charge in [0.2, 0.25) is 0 Å². The summed E-state index contributed by atoms with van der Waals surface area (Å²) >= 11 is 0. The van der Waals surface area contributed by atoms with Crippen LogP contribution < -0.4 is 0 Å². The maximum Gasteiger partial charge on any atom is 0.339 e. The van der Waals surface area contributed by atoms with Gasteiger partial charge in [-0.1, -0.05) is 24.3 Å². The highest BCUT2D eigenvalue weighted by Crippen LogP contribution is 2.30. The number of aryl methyl sites for hydroxylation is 1. The molecule has 4 aromatic rings. The van der Waals surface area contributed by atoms with Crippen molar-refractivity contribution >= 4 is 27.9 Å². The van der Waals surface area contributed by atoms with Crippen molar-refractivity contribution < 1.29 is 14.2 Å². The van der Waals surface area contributed by atoms with Crippen LogP contribution in [0.25, 0.3) is 21.9 Å². The number of carbonyl (C=O) groups is 1. The molecule has 27 heavy (non-hydrogen) atoms.